The smallest absolute Gasteiger partial charge is 0.321 e. The van der Waals surface area contributed by atoms with Gasteiger partial charge in [-0.3, -0.25) is 0 Å². The van der Waals surface area contributed by atoms with Crippen molar-refractivity contribution in [3.63, 3.8) is 0 Å². The highest BCUT2D eigenvalue weighted by Gasteiger charge is 2.32. The Morgan fingerprint density at radius 1 is 0.413 bits per heavy atom. The van der Waals surface area contributed by atoms with Gasteiger partial charge in [-0.15, -0.1) is 0 Å². The van der Waals surface area contributed by atoms with E-state index in [0.717, 1.165) is 0 Å². The summed E-state index contributed by atoms with van der Waals surface area (Å²) in [5.41, 5.74) is 10.00. The second-order valence-electron chi connectivity index (χ2n) is 12.1. The van der Waals surface area contributed by atoms with Gasteiger partial charge in [0.05, 0.1) is 0 Å². The fourth-order valence-corrected chi connectivity index (χ4v) is 7.30. The van der Waals surface area contributed by atoms with Crippen LogP contribution in [0.3, 0.4) is 0 Å². The minimum atomic E-state index is 0.0964. The first-order chi connectivity index (χ1) is 22.8. The third-order valence-electron chi connectivity index (χ3n) is 9.51. The van der Waals surface area contributed by atoms with E-state index in [1.165, 1.54) is 76.5 Å². The van der Waals surface area contributed by atoms with Crippen molar-refractivity contribution in [2.45, 2.75) is 0 Å². The average Bonchev–Trinajstić information content (AvgIpc) is 3.13. The van der Waals surface area contributed by atoms with Gasteiger partial charge in [-0.25, -0.2) is 0 Å². The molecule has 2 aliphatic heterocycles. The lowest BCUT2D eigenvalue weighted by molar-refractivity contribution is 0.814. The van der Waals surface area contributed by atoms with Crippen LogP contribution in [0.4, 0.5) is 0 Å². The van der Waals surface area contributed by atoms with Gasteiger partial charge >= 0.3 is 6.85 Å². The molecule has 0 saturated carbocycles. The molecule has 0 fully saturated rings. The quantitative estimate of drug-likeness (QED) is 0.187. The summed E-state index contributed by atoms with van der Waals surface area (Å²) >= 11 is 0. The summed E-state index contributed by atoms with van der Waals surface area (Å²) in [6.45, 7) is 0.0964. The van der Waals surface area contributed by atoms with Crippen LogP contribution < -0.4 is 10.4 Å². The van der Waals surface area contributed by atoms with Crippen LogP contribution in [0, 0.1) is 0 Å². The minimum Gasteiger partial charge on any atom is -0.382 e. The van der Waals surface area contributed by atoms with E-state index in [2.05, 4.69) is 187 Å². The molecule has 0 atom stereocenters. The molecule has 0 aliphatic carbocycles. The van der Waals surface area contributed by atoms with Gasteiger partial charge in [0.2, 0.25) is 0 Å². The van der Waals surface area contributed by atoms with Gasteiger partial charge in [0.25, 0.3) is 0 Å². The second-order valence-corrected chi connectivity index (χ2v) is 12.1. The molecule has 0 N–H and O–H groups in total. The Bertz CT molecular complexity index is 2460. The molecule has 0 saturated heterocycles. The Morgan fingerprint density at radius 2 is 1.04 bits per heavy atom. The van der Waals surface area contributed by atoms with E-state index in [0.29, 0.717) is 0 Å². The fourth-order valence-electron chi connectivity index (χ4n) is 7.30. The van der Waals surface area contributed by atoms with Crippen molar-refractivity contribution in [3.8, 4) is 22.3 Å². The lowest BCUT2D eigenvalue weighted by atomic mass is 9.49. The van der Waals surface area contributed by atoms with Crippen LogP contribution in [0.15, 0.2) is 182 Å². The van der Waals surface area contributed by atoms with Crippen molar-refractivity contribution in [1.29, 1.82) is 0 Å². The molecule has 1 nitrogen and oxygen atoms in total. The molecule has 0 amide bonds. The normalized spacial score (nSPS) is 13.7. The molecule has 2 aliphatic rings. The molecule has 0 bridgehead atoms. The van der Waals surface area contributed by atoms with Crippen molar-refractivity contribution in [2.24, 2.45) is 0 Å². The number of rotatable bonds is 4. The van der Waals surface area contributed by atoms with Crippen LogP contribution >= 0.6 is 0 Å². The number of hydrogen-bond donors (Lipinski definition) is 0. The van der Waals surface area contributed by atoms with E-state index >= 15 is 0 Å². The first-order valence-electron chi connectivity index (χ1n) is 16.0. The lowest BCUT2D eigenvalue weighted by Crippen LogP contribution is -2.49. The zero-order chi connectivity index (χ0) is 30.5. The second kappa shape index (κ2) is 10.9. The molecular weight excluding hydrogens is 553 g/mol. The first kappa shape index (κ1) is 26.5. The van der Waals surface area contributed by atoms with E-state index in [4.69, 9.17) is 0 Å². The largest absolute Gasteiger partial charge is 0.382 e. The van der Waals surface area contributed by atoms with Gasteiger partial charge in [-0.2, -0.15) is 0 Å². The molecule has 7 aromatic carbocycles. The molecule has 9 rings (SSSR count). The van der Waals surface area contributed by atoms with Crippen molar-refractivity contribution < 1.29 is 0 Å². The molecule has 46 heavy (non-hydrogen) atoms. The van der Waals surface area contributed by atoms with Gasteiger partial charge in [-0.05, 0) is 84.0 Å². The monoisotopic (exact) mass is 583 g/mol. The third-order valence-corrected chi connectivity index (χ3v) is 9.51. The fraction of sp³-hybridized carbons (Fsp3) is 0. The summed E-state index contributed by atoms with van der Waals surface area (Å²) in [5, 5.41) is 7.62. The first-order valence-corrected chi connectivity index (χ1v) is 16.0. The van der Waals surface area contributed by atoms with E-state index in [1.54, 1.807) is 0 Å². The number of allylic oxidation sites excluding steroid dienone is 2. The van der Waals surface area contributed by atoms with Crippen LogP contribution in [0.2, 0.25) is 0 Å². The summed E-state index contributed by atoms with van der Waals surface area (Å²) in [5.74, 6) is 2.33. The highest BCUT2D eigenvalue weighted by atomic mass is 15.1. The highest BCUT2D eigenvalue weighted by Crippen LogP contribution is 2.33. The Kier molecular flexibility index (Phi) is 6.31. The maximum absolute atomic E-state index is 2.45. The Morgan fingerprint density at radius 3 is 1.89 bits per heavy atom. The molecule has 0 spiro atoms. The van der Waals surface area contributed by atoms with Crippen molar-refractivity contribution in [3.05, 3.63) is 204 Å². The Hall–Kier alpha value is -5.86. The van der Waals surface area contributed by atoms with Crippen LogP contribution in [0.25, 0.3) is 55.0 Å². The van der Waals surface area contributed by atoms with Crippen LogP contribution in [0.1, 0.15) is 11.1 Å². The summed E-state index contributed by atoms with van der Waals surface area (Å²) in [6.07, 6.45) is 6.56. The van der Waals surface area contributed by atoms with Gasteiger partial charge < -0.3 is 4.81 Å². The average molecular weight is 584 g/mol. The SMILES string of the molecule is C1=CB2C(c3ccc(-c4ccc5ccccc5c4)cc3)=c3ccccc3=C(c3ccc(-c4cccc5ccccc45)cc3)N2C=C1. The maximum atomic E-state index is 2.45. The van der Waals surface area contributed by atoms with E-state index < -0.39 is 0 Å². The number of benzene rings is 7. The summed E-state index contributed by atoms with van der Waals surface area (Å²) in [6, 6.07) is 57.6. The van der Waals surface area contributed by atoms with Gasteiger partial charge in [0, 0.05) is 10.9 Å². The molecule has 0 unspecified atom stereocenters. The minimum absolute atomic E-state index is 0.0964. The molecule has 2 heteroatoms. The third kappa shape index (κ3) is 4.42. The predicted molar refractivity (Wildman–Crippen MR) is 195 cm³/mol. The zero-order valence-electron chi connectivity index (χ0n) is 25.3. The standard InChI is InChI=1S/C44H30BN/c1-2-12-37-30-38(27-20-31(37)10-1)32-18-23-35(24-19-32)43-41-15-5-6-16-42(41)44(46-29-8-7-28-45(43)46)36-25-21-34(22-26-36)40-17-9-13-33-11-3-4-14-39(33)40/h1-30H. The number of hydrogen-bond acceptors (Lipinski definition) is 1. The maximum Gasteiger partial charge on any atom is 0.321 e. The molecule has 7 aromatic rings. The van der Waals surface area contributed by atoms with Gasteiger partial charge in [0.1, 0.15) is 0 Å². The predicted octanol–water partition coefficient (Wildman–Crippen LogP) is 9.15. The van der Waals surface area contributed by atoms with Crippen molar-refractivity contribution in [2.75, 3.05) is 0 Å². The van der Waals surface area contributed by atoms with E-state index in [-0.39, 0.29) is 6.85 Å². The van der Waals surface area contributed by atoms with E-state index in [9.17, 15) is 0 Å². The van der Waals surface area contributed by atoms with Crippen LogP contribution in [-0.4, -0.2) is 11.7 Å². The molecule has 0 aromatic heterocycles. The molecule has 214 valence electrons. The number of nitrogens with zero attached hydrogens (tertiary/aromatic N) is 1. The van der Waals surface area contributed by atoms with Crippen molar-refractivity contribution in [1.82, 2.24) is 4.81 Å². The summed E-state index contributed by atoms with van der Waals surface area (Å²) in [7, 11) is 0. The van der Waals surface area contributed by atoms with Gasteiger partial charge in [-0.1, -0.05) is 164 Å². The Labute approximate surface area is 269 Å². The molecular formula is C44H30BN. The molecule has 2 heterocycles. The summed E-state index contributed by atoms with van der Waals surface area (Å²) in [4.78, 5) is 2.45. The van der Waals surface area contributed by atoms with Gasteiger partial charge in [0.15, 0.2) is 0 Å². The Balaban J connectivity index is 1.17. The topological polar surface area (TPSA) is 3.24 Å². The lowest BCUT2D eigenvalue weighted by Gasteiger charge is -2.35. The number of fused-ring (bicyclic) bond motifs is 4. The summed E-state index contributed by atoms with van der Waals surface area (Å²) < 4.78 is 0. The molecule has 0 radical (unpaired) electrons. The van der Waals surface area contributed by atoms with E-state index in [1.807, 2.05) is 0 Å². The van der Waals surface area contributed by atoms with Crippen molar-refractivity contribution >= 4 is 39.6 Å². The van der Waals surface area contributed by atoms with Crippen LogP contribution in [0.5, 0.6) is 0 Å². The highest BCUT2D eigenvalue weighted by molar-refractivity contribution is 6.82. The van der Waals surface area contributed by atoms with Crippen LogP contribution in [-0.2, 0) is 0 Å². The zero-order valence-corrected chi connectivity index (χ0v) is 25.3.